The molecule has 0 saturated carbocycles. The molecule has 2 aromatic rings. The molecular formula is C32H48N4O14. The number of amides is 1. The molecule has 0 radical (unpaired) electrons. The summed E-state index contributed by atoms with van der Waals surface area (Å²) in [5, 5.41) is 27.4. The molecule has 2 N–H and O–H groups in total. The molecule has 0 aliphatic heterocycles. The van der Waals surface area contributed by atoms with Crippen molar-refractivity contribution in [2.45, 2.75) is 6.61 Å². The molecule has 18 nitrogen and oxygen atoms in total. The minimum atomic E-state index is -0.684. The maximum absolute atomic E-state index is 11.6. The van der Waals surface area contributed by atoms with Gasteiger partial charge >= 0.3 is 6.09 Å². The van der Waals surface area contributed by atoms with Crippen LogP contribution in [0.3, 0.4) is 0 Å². The number of non-ortho nitro benzene ring substituents is 1. The fourth-order valence-electron chi connectivity index (χ4n) is 3.83. The van der Waals surface area contributed by atoms with Gasteiger partial charge in [0.1, 0.15) is 12.3 Å². The van der Waals surface area contributed by atoms with Crippen LogP contribution in [0.1, 0.15) is 5.56 Å². The molecule has 0 aromatic heterocycles. The fourth-order valence-corrected chi connectivity index (χ4v) is 3.83. The number of rotatable bonds is 32. The summed E-state index contributed by atoms with van der Waals surface area (Å²) in [4.78, 5) is 32.2. The zero-order valence-corrected chi connectivity index (χ0v) is 28.2. The van der Waals surface area contributed by atoms with Crippen LogP contribution in [0, 0.1) is 20.2 Å². The number of alkyl carbamates (subject to hydrolysis) is 1. The second kappa shape index (κ2) is 28.8. The number of anilines is 1. The SMILES string of the molecule is O=C(NCCOCCOCCOCCOCCOCCOCCOCCOCCNc1ccc([N+](=O)[O-])cc1[N+](=O)[O-])OCc1ccccc1. The summed E-state index contributed by atoms with van der Waals surface area (Å²) < 4.78 is 48.6. The molecule has 50 heavy (non-hydrogen) atoms. The molecule has 0 saturated heterocycles. The second-order valence-electron chi connectivity index (χ2n) is 10.0. The highest BCUT2D eigenvalue weighted by atomic mass is 16.6. The van der Waals surface area contributed by atoms with E-state index in [0.29, 0.717) is 106 Å². The maximum Gasteiger partial charge on any atom is 0.407 e. The number of ether oxygens (including phenoxy) is 9. The standard InChI is InChI=1S/C32H48N4O14/c37-32(50-27-28-4-2-1-3-5-28)34-9-11-43-13-15-45-17-19-47-21-23-49-25-24-48-22-20-46-18-16-44-14-12-42-10-8-33-30-7-6-29(35(38)39)26-31(30)36(40)41/h1-7,26,33H,8-25,27H2,(H,34,37). The van der Waals surface area contributed by atoms with Crippen LogP contribution in [0.4, 0.5) is 21.9 Å². The van der Waals surface area contributed by atoms with Crippen molar-refractivity contribution in [2.75, 3.05) is 124 Å². The molecule has 18 heteroatoms. The first-order valence-corrected chi connectivity index (χ1v) is 16.2. The van der Waals surface area contributed by atoms with Crippen LogP contribution >= 0.6 is 0 Å². The Hall–Kier alpha value is -4.01. The number of carbonyl (C=O) groups is 1. The Kier molecular flexibility index (Phi) is 24.3. The van der Waals surface area contributed by atoms with Crippen LogP contribution in [0.2, 0.25) is 0 Å². The topological polar surface area (TPSA) is 210 Å². The van der Waals surface area contributed by atoms with Crippen LogP contribution in [0.25, 0.3) is 0 Å². The molecule has 0 bridgehead atoms. The summed E-state index contributed by atoms with van der Waals surface area (Å²) in [6.45, 7) is 7.35. The van der Waals surface area contributed by atoms with Crippen molar-refractivity contribution < 1.29 is 57.3 Å². The molecule has 0 fully saturated rings. The van der Waals surface area contributed by atoms with Gasteiger partial charge in [-0.15, -0.1) is 0 Å². The van der Waals surface area contributed by atoms with Crippen LogP contribution < -0.4 is 10.6 Å². The summed E-state index contributed by atoms with van der Waals surface area (Å²) in [5.41, 5.74) is 0.387. The third-order valence-electron chi connectivity index (χ3n) is 6.28. The Bertz CT molecular complexity index is 1190. The zero-order chi connectivity index (χ0) is 35.9. The molecule has 1 amide bonds. The molecular weight excluding hydrogens is 664 g/mol. The van der Waals surface area contributed by atoms with Gasteiger partial charge in [-0.2, -0.15) is 0 Å². The van der Waals surface area contributed by atoms with Crippen molar-refractivity contribution in [3.05, 3.63) is 74.3 Å². The first kappa shape index (κ1) is 42.2. The second-order valence-corrected chi connectivity index (χ2v) is 10.0. The Labute approximate surface area is 290 Å². The Morgan fingerprint density at radius 2 is 1.00 bits per heavy atom. The van der Waals surface area contributed by atoms with Crippen LogP contribution in [0.5, 0.6) is 0 Å². The van der Waals surface area contributed by atoms with E-state index in [1.807, 2.05) is 30.3 Å². The summed E-state index contributed by atoms with van der Waals surface area (Å²) in [6, 6.07) is 12.9. The minimum absolute atomic E-state index is 0.181. The van der Waals surface area contributed by atoms with Crippen molar-refractivity contribution in [1.29, 1.82) is 0 Å². The summed E-state index contributed by atoms with van der Waals surface area (Å²) >= 11 is 0. The van der Waals surface area contributed by atoms with Crippen molar-refractivity contribution in [3.63, 3.8) is 0 Å². The lowest BCUT2D eigenvalue weighted by atomic mass is 10.2. The average Bonchev–Trinajstić information content (AvgIpc) is 3.12. The summed E-state index contributed by atoms with van der Waals surface area (Å²) in [7, 11) is 0. The van der Waals surface area contributed by atoms with Gasteiger partial charge in [0.05, 0.1) is 122 Å². The molecule has 0 heterocycles. The first-order chi connectivity index (χ1) is 24.5. The Balaban J connectivity index is 1.22. The number of nitrogens with one attached hydrogen (secondary N) is 2. The highest BCUT2D eigenvalue weighted by molar-refractivity contribution is 5.67. The Morgan fingerprint density at radius 1 is 0.560 bits per heavy atom. The van der Waals surface area contributed by atoms with Gasteiger partial charge in [0.15, 0.2) is 0 Å². The summed E-state index contributed by atoms with van der Waals surface area (Å²) in [6.07, 6.45) is -0.485. The number of hydrogen-bond donors (Lipinski definition) is 2. The smallest absolute Gasteiger partial charge is 0.407 e. The number of nitrogens with zero attached hydrogens (tertiary/aromatic N) is 2. The number of nitro groups is 2. The van der Waals surface area contributed by atoms with Gasteiger partial charge < -0.3 is 53.3 Å². The van der Waals surface area contributed by atoms with Gasteiger partial charge in [-0.05, 0) is 11.6 Å². The van der Waals surface area contributed by atoms with Crippen LogP contribution in [-0.4, -0.2) is 135 Å². The molecule has 280 valence electrons. The lowest BCUT2D eigenvalue weighted by molar-refractivity contribution is -0.393. The Morgan fingerprint density at radius 3 is 1.44 bits per heavy atom. The van der Waals surface area contributed by atoms with Crippen molar-refractivity contribution in [1.82, 2.24) is 5.32 Å². The molecule has 0 atom stereocenters. The van der Waals surface area contributed by atoms with E-state index in [9.17, 15) is 25.0 Å². The molecule has 0 aliphatic rings. The quantitative estimate of drug-likeness (QED) is 0.0634. The monoisotopic (exact) mass is 712 g/mol. The number of hydrogen-bond acceptors (Lipinski definition) is 15. The van der Waals surface area contributed by atoms with Crippen LogP contribution in [0.15, 0.2) is 48.5 Å². The number of benzene rings is 2. The predicted molar refractivity (Wildman–Crippen MR) is 179 cm³/mol. The van der Waals surface area contributed by atoms with Crippen molar-refractivity contribution in [2.24, 2.45) is 0 Å². The largest absolute Gasteiger partial charge is 0.445 e. The van der Waals surface area contributed by atoms with Gasteiger partial charge in [-0.3, -0.25) is 20.2 Å². The van der Waals surface area contributed by atoms with Crippen molar-refractivity contribution in [3.8, 4) is 0 Å². The van der Waals surface area contributed by atoms with Gasteiger partial charge in [0.2, 0.25) is 0 Å². The molecule has 0 aliphatic carbocycles. The van der Waals surface area contributed by atoms with Gasteiger partial charge in [-0.25, -0.2) is 4.79 Å². The van der Waals surface area contributed by atoms with E-state index < -0.39 is 15.9 Å². The van der Waals surface area contributed by atoms with Crippen molar-refractivity contribution >= 4 is 23.2 Å². The highest BCUT2D eigenvalue weighted by Gasteiger charge is 2.19. The van der Waals surface area contributed by atoms with Gasteiger partial charge in [0, 0.05) is 19.2 Å². The first-order valence-electron chi connectivity index (χ1n) is 16.2. The van der Waals surface area contributed by atoms with E-state index in [-0.39, 0.29) is 36.8 Å². The molecule has 0 unspecified atom stereocenters. The maximum atomic E-state index is 11.6. The van der Waals surface area contributed by atoms with E-state index in [1.54, 1.807) is 0 Å². The third kappa shape index (κ3) is 21.9. The normalized spacial score (nSPS) is 11.0. The lowest BCUT2D eigenvalue weighted by Crippen LogP contribution is -2.28. The van der Waals surface area contributed by atoms with E-state index >= 15 is 0 Å². The number of carbonyl (C=O) groups excluding carboxylic acids is 1. The molecule has 0 spiro atoms. The third-order valence-corrected chi connectivity index (χ3v) is 6.28. The predicted octanol–water partition coefficient (Wildman–Crippen LogP) is 2.97. The summed E-state index contributed by atoms with van der Waals surface area (Å²) in [5.74, 6) is 0. The molecule has 2 aromatic carbocycles. The van der Waals surface area contributed by atoms with E-state index in [4.69, 9.17) is 42.6 Å². The fraction of sp³-hybridized carbons (Fsp3) is 0.594. The van der Waals surface area contributed by atoms with E-state index in [1.165, 1.54) is 12.1 Å². The average molecular weight is 713 g/mol. The number of nitro benzene ring substituents is 2. The minimum Gasteiger partial charge on any atom is -0.445 e. The van der Waals surface area contributed by atoms with Crippen LogP contribution in [-0.2, 0) is 49.2 Å². The van der Waals surface area contributed by atoms with E-state index in [2.05, 4.69) is 10.6 Å². The molecule has 2 rings (SSSR count). The lowest BCUT2D eigenvalue weighted by Gasteiger charge is -2.09. The van der Waals surface area contributed by atoms with E-state index in [0.717, 1.165) is 11.6 Å². The van der Waals surface area contributed by atoms with Gasteiger partial charge in [0.25, 0.3) is 11.4 Å². The highest BCUT2D eigenvalue weighted by Crippen LogP contribution is 2.28. The zero-order valence-electron chi connectivity index (χ0n) is 28.2. The van der Waals surface area contributed by atoms with Gasteiger partial charge in [-0.1, -0.05) is 30.3 Å².